The molecule has 3 saturated heterocycles. The minimum absolute atomic E-state index is 0.00528. The molecule has 7 atom stereocenters. The summed E-state index contributed by atoms with van der Waals surface area (Å²) in [6.07, 6.45) is -0.881. The highest BCUT2D eigenvalue weighted by molar-refractivity contribution is 6.25. The van der Waals surface area contributed by atoms with Gasteiger partial charge in [-0.25, -0.2) is 9.69 Å². The van der Waals surface area contributed by atoms with Crippen LogP contribution in [0.15, 0.2) is 164 Å². The number of morpholine rings is 2. The van der Waals surface area contributed by atoms with Gasteiger partial charge in [0.05, 0.1) is 49.6 Å². The van der Waals surface area contributed by atoms with Gasteiger partial charge in [0.15, 0.2) is 0 Å². The lowest BCUT2D eigenvalue weighted by atomic mass is 9.65. The molecule has 3 fully saturated rings. The van der Waals surface area contributed by atoms with E-state index in [1.807, 2.05) is 133 Å². The van der Waals surface area contributed by atoms with Crippen molar-refractivity contribution in [1.82, 2.24) is 10.2 Å². The van der Waals surface area contributed by atoms with E-state index in [0.717, 1.165) is 40.4 Å². The first-order valence-corrected chi connectivity index (χ1v) is 22.7. The normalized spacial score (nSPS) is 23.8. The van der Waals surface area contributed by atoms with Crippen LogP contribution in [0.3, 0.4) is 0 Å². The van der Waals surface area contributed by atoms with Crippen LogP contribution in [0.1, 0.15) is 59.0 Å². The number of benzene rings is 6. The van der Waals surface area contributed by atoms with Gasteiger partial charge in [0, 0.05) is 24.5 Å². The number of aliphatic hydroxyl groups excluding tert-OH is 1. The van der Waals surface area contributed by atoms with Crippen LogP contribution < -0.4 is 25.2 Å². The average molecular weight is 898 g/mol. The standard InChI is InChI=1S/C54H51N5O8/c1-35(36-14-5-2-6-15-36)55-53(64)58-44-23-12-11-22-43(44)54(52(58)63)45(50(61)56-40-24-26-41(27-25-40)57-28-31-65-32-29-57)47-51(62)67-48(38-18-9-4-10-19-38)46(37-16-7-3-8-17-37)59(47)49(54)39-20-13-21-42(34-39)66-33-30-60/h2-27,34-35,45-49,60H,28-33H2,1H3,(H,55,64)(H,56,61)/t35-,45+,46+,47+,48-,49-,54+/m1/s1. The molecule has 4 aliphatic heterocycles. The van der Waals surface area contributed by atoms with Gasteiger partial charge in [-0.05, 0) is 77.2 Å². The van der Waals surface area contributed by atoms with Gasteiger partial charge >= 0.3 is 12.0 Å². The van der Waals surface area contributed by atoms with E-state index in [4.69, 9.17) is 14.2 Å². The number of rotatable bonds is 11. The lowest BCUT2D eigenvalue weighted by molar-refractivity contribution is -0.177. The maximum atomic E-state index is 16.4. The van der Waals surface area contributed by atoms with Crippen molar-refractivity contribution in [3.05, 3.63) is 192 Å². The van der Waals surface area contributed by atoms with Crippen LogP contribution in [0.25, 0.3) is 0 Å². The second-order valence-corrected chi connectivity index (χ2v) is 17.3. The van der Waals surface area contributed by atoms with Crippen LogP contribution in [0.5, 0.6) is 5.75 Å². The number of anilines is 3. The summed E-state index contributed by atoms with van der Waals surface area (Å²) in [5, 5.41) is 16.0. The number of amides is 4. The Balaban J connectivity index is 1.19. The molecular formula is C54H51N5O8. The predicted molar refractivity (Wildman–Crippen MR) is 252 cm³/mol. The molecule has 0 aliphatic carbocycles. The minimum Gasteiger partial charge on any atom is -0.491 e. The van der Waals surface area contributed by atoms with Crippen molar-refractivity contribution in [3.63, 3.8) is 0 Å². The van der Waals surface area contributed by atoms with Crippen LogP contribution >= 0.6 is 0 Å². The number of carbonyl (C=O) groups excluding carboxylic acids is 4. The number of nitrogens with zero attached hydrogens (tertiary/aromatic N) is 3. The number of esters is 1. The van der Waals surface area contributed by atoms with Gasteiger partial charge in [-0.15, -0.1) is 0 Å². The fourth-order valence-corrected chi connectivity index (χ4v) is 10.7. The lowest BCUT2D eigenvalue weighted by Crippen LogP contribution is -2.55. The summed E-state index contributed by atoms with van der Waals surface area (Å²) in [7, 11) is 0. The lowest BCUT2D eigenvalue weighted by Gasteiger charge is -2.46. The highest BCUT2D eigenvalue weighted by atomic mass is 16.6. The molecule has 13 heteroatoms. The minimum atomic E-state index is -1.93. The number of aliphatic hydroxyl groups is 1. The molecule has 1 spiro atoms. The molecule has 0 saturated carbocycles. The van der Waals surface area contributed by atoms with E-state index in [0.29, 0.717) is 41.5 Å². The van der Waals surface area contributed by atoms with Crippen molar-refractivity contribution in [2.75, 3.05) is 54.6 Å². The van der Waals surface area contributed by atoms with Gasteiger partial charge < -0.3 is 34.9 Å². The van der Waals surface area contributed by atoms with Gasteiger partial charge in [-0.3, -0.25) is 19.3 Å². The maximum Gasteiger partial charge on any atom is 0.329 e. The van der Waals surface area contributed by atoms with Gasteiger partial charge in [-0.1, -0.05) is 121 Å². The summed E-state index contributed by atoms with van der Waals surface area (Å²) in [4.78, 5) is 67.9. The summed E-state index contributed by atoms with van der Waals surface area (Å²) >= 11 is 0. The molecule has 0 unspecified atom stereocenters. The van der Waals surface area contributed by atoms with Gasteiger partial charge in [0.1, 0.15) is 29.9 Å². The van der Waals surface area contributed by atoms with E-state index in [2.05, 4.69) is 15.5 Å². The first-order valence-electron chi connectivity index (χ1n) is 22.7. The third kappa shape index (κ3) is 7.78. The highest BCUT2D eigenvalue weighted by Gasteiger charge is 2.75. The predicted octanol–water partition coefficient (Wildman–Crippen LogP) is 7.67. The number of carbonyl (C=O) groups is 4. The van der Waals surface area contributed by atoms with Crippen molar-refractivity contribution in [1.29, 1.82) is 0 Å². The molecule has 340 valence electrons. The Kier molecular flexibility index (Phi) is 12.0. The first kappa shape index (κ1) is 43.6. The highest BCUT2D eigenvalue weighted by Crippen LogP contribution is 2.66. The van der Waals surface area contributed by atoms with E-state index in [9.17, 15) is 9.90 Å². The van der Waals surface area contributed by atoms with Gasteiger partial charge in [0.25, 0.3) is 0 Å². The summed E-state index contributed by atoms with van der Waals surface area (Å²) in [6.45, 7) is 4.29. The quantitative estimate of drug-likeness (QED) is 0.111. The number of urea groups is 1. The average Bonchev–Trinajstić information content (AvgIpc) is 3.83. The molecule has 6 aromatic carbocycles. The van der Waals surface area contributed by atoms with E-state index in [1.54, 1.807) is 42.5 Å². The molecule has 10 rings (SSSR count). The molecule has 4 amide bonds. The fourth-order valence-electron chi connectivity index (χ4n) is 10.7. The zero-order valence-corrected chi connectivity index (χ0v) is 36.9. The van der Waals surface area contributed by atoms with Crippen molar-refractivity contribution in [2.45, 2.75) is 42.6 Å². The number of hydrogen-bond donors (Lipinski definition) is 3. The Hall–Kier alpha value is -7.32. The molecular weight excluding hydrogens is 847 g/mol. The molecule has 13 nitrogen and oxygen atoms in total. The van der Waals surface area contributed by atoms with E-state index < -0.39 is 65.4 Å². The number of para-hydroxylation sites is 1. The maximum absolute atomic E-state index is 16.4. The fraction of sp³-hybridized carbons (Fsp3) is 0.259. The van der Waals surface area contributed by atoms with Crippen molar-refractivity contribution >= 4 is 40.9 Å². The van der Waals surface area contributed by atoms with Crippen LogP contribution in [-0.4, -0.2) is 79.4 Å². The summed E-state index contributed by atoms with van der Waals surface area (Å²) in [6, 6.07) is 45.9. The topological polar surface area (TPSA) is 150 Å². The monoisotopic (exact) mass is 897 g/mol. The zero-order chi connectivity index (χ0) is 46.1. The first-order chi connectivity index (χ1) is 32.8. The van der Waals surface area contributed by atoms with Crippen LogP contribution in [0.2, 0.25) is 0 Å². The number of cyclic esters (lactones) is 1. The SMILES string of the molecule is C[C@@H](NC(=O)N1C(=O)[C@@]2(c3ccccc31)[C@H](C(=O)Nc1ccc(N3CCOCC3)cc1)[C@H]1C(=O)O[C@H](c3ccccc3)[C@H](c3ccccc3)N1[C@@H]2c1cccc(OCCO)c1)c1ccccc1. The molecule has 0 radical (unpaired) electrons. The van der Waals surface area contributed by atoms with Crippen molar-refractivity contribution < 1.29 is 38.5 Å². The Morgan fingerprint density at radius 2 is 1.40 bits per heavy atom. The molecule has 4 heterocycles. The van der Waals surface area contributed by atoms with E-state index in [-0.39, 0.29) is 13.2 Å². The van der Waals surface area contributed by atoms with E-state index in [1.165, 1.54) is 0 Å². The second kappa shape index (κ2) is 18.5. The van der Waals surface area contributed by atoms with Gasteiger partial charge in [-0.2, -0.15) is 0 Å². The Morgan fingerprint density at radius 1 is 0.761 bits per heavy atom. The molecule has 4 aliphatic rings. The molecule has 67 heavy (non-hydrogen) atoms. The number of hydrogen-bond acceptors (Lipinski definition) is 10. The molecule has 0 bridgehead atoms. The summed E-state index contributed by atoms with van der Waals surface area (Å²) in [5.41, 5.74) is 3.08. The molecule has 0 aromatic heterocycles. The Morgan fingerprint density at radius 3 is 2.10 bits per heavy atom. The van der Waals surface area contributed by atoms with Gasteiger partial charge in [0.2, 0.25) is 11.8 Å². The number of ether oxygens (including phenoxy) is 3. The zero-order valence-electron chi connectivity index (χ0n) is 36.9. The largest absolute Gasteiger partial charge is 0.491 e. The number of fused-ring (bicyclic) bond motifs is 3. The Labute approximate surface area is 388 Å². The Bertz CT molecular complexity index is 2750. The molecule has 6 aromatic rings. The van der Waals surface area contributed by atoms with Crippen LogP contribution in [0.4, 0.5) is 21.9 Å². The summed E-state index contributed by atoms with van der Waals surface area (Å²) < 4.78 is 18.2. The third-order valence-electron chi connectivity index (χ3n) is 13.5. The summed E-state index contributed by atoms with van der Waals surface area (Å²) in [5.74, 6) is -3.02. The smallest absolute Gasteiger partial charge is 0.329 e. The van der Waals surface area contributed by atoms with Crippen LogP contribution in [0, 0.1) is 5.92 Å². The molecule has 3 N–H and O–H groups in total. The van der Waals surface area contributed by atoms with E-state index >= 15 is 14.4 Å². The van der Waals surface area contributed by atoms with Crippen molar-refractivity contribution in [3.8, 4) is 5.75 Å². The van der Waals surface area contributed by atoms with Crippen LogP contribution in [-0.2, 0) is 29.3 Å². The van der Waals surface area contributed by atoms with Crippen molar-refractivity contribution in [2.24, 2.45) is 5.92 Å². The number of imide groups is 1. The number of nitrogens with one attached hydrogen (secondary N) is 2. The third-order valence-corrected chi connectivity index (χ3v) is 13.5. The second-order valence-electron chi connectivity index (χ2n) is 17.3.